The Kier molecular flexibility index (Phi) is 4.55. The Bertz CT molecular complexity index is 624. The van der Waals surface area contributed by atoms with Crippen LogP contribution in [-0.4, -0.2) is 22.3 Å². The highest BCUT2D eigenvalue weighted by atomic mass is 32.3. The molecule has 0 unspecified atom stereocenters. The van der Waals surface area contributed by atoms with Crippen molar-refractivity contribution < 1.29 is 34.2 Å². The molecule has 0 aliphatic heterocycles. The first kappa shape index (κ1) is 15.9. The van der Waals surface area contributed by atoms with Crippen molar-refractivity contribution in [2.45, 2.75) is 12.1 Å². The van der Waals surface area contributed by atoms with E-state index in [4.69, 9.17) is 0 Å². The Morgan fingerprint density at radius 2 is 1.58 bits per heavy atom. The Morgan fingerprint density at radius 1 is 1.05 bits per heavy atom. The third kappa shape index (κ3) is 4.78. The van der Waals surface area contributed by atoms with Crippen LogP contribution in [0.15, 0.2) is 30.3 Å². The van der Waals surface area contributed by atoms with Gasteiger partial charge in [0.15, 0.2) is 10.0 Å². The Morgan fingerprint density at radius 3 is 2.05 bits per heavy atom. The molecule has 6 nitrogen and oxygen atoms in total. The van der Waals surface area contributed by atoms with Crippen molar-refractivity contribution in [1.29, 1.82) is 0 Å². The van der Waals surface area contributed by atoms with Crippen molar-refractivity contribution in [2.75, 3.05) is 0 Å². The summed E-state index contributed by atoms with van der Waals surface area (Å²) in [5.74, 6) is 0. The zero-order valence-corrected chi connectivity index (χ0v) is 10.7. The normalized spacial score (nSPS) is 13.4. The van der Waals surface area contributed by atoms with Gasteiger partial charge in [0, 0.05) is 0 Å². The number of hydrogen-bond acceptors (Lipinski definition) is 5. The first-order valence-corrected chi connectivity index (χ1v) is 7.33. The standard InChI is InChI=1S/C8H7F3NO5S2/c9-8(10,11)18(13,14)12-19(15,16)17-6-7-4-2-1-3-5-7/h1-5H,6H2/q-1. The van der Waals surface area contributed by atoms with Crippen molar-refractivity contribution in [3.05, 3.63) is 40.0 Å². The van der Waals surface area contributed by atoms with Gasteiger partial charge in [0.25, 0.3) is 0 Å². The molecule has 1 aromatic rings. The molecule has 0 aliphatic carbocycles. The number of halogens is 3. The maximum absolute atomic E-state index is 11.9. The molecule has 0 aliphatic rings. The van der Waals surface area contributed by atoms with Gasteiger partial charge in [-0.15, -0.1) is 0 Å². The monoisotopic (exact) mass is 318 g/mol. The molecule has 0 heterocycles. The lowest BCUT2D eigenvalue weighted by molar-refractivity contribution is -0.0425. The molecule has 0 N–H and O–H groups in total. The molecule has 0 saturated heterocycles. The molecule has 0 amide bonds. The SMILES string of the molecule is O=S(=O)([N-]S(=O)(=O)C(F)(F)F)OCc1ccccc1. The summed E-state index contributed by atoms with van der Waals surface area (Å²) in [7, 11) is -11.4. The van der Waals surface area contributed by atoms with Crippen molar-refractivity contribution >= 4 is 20.3 Å². The van der Waals surface area contributed by atoms with Crippen molar-refractivity contribution in [3.63, 3.8) is 0 Å². The van der Waals surface area contributed by atoms with E-state index < -0.39 is 32.4 Å². The van der Waals surface area contributed by atoms with Gasteiger partial charge in [-0.05, 0) is 5.56 Å². The van der Waals surface area contributed by atoms with Gasteiger partial charge in [0.2, 0.25) is 10.3 Å². The Hall–Kier alpha value is -1.17. The highest BCUT2D eigenvalue weighted by Gasteiger charge is 2.40. The maximum atomic E-state index is 11.9. The smallest absolute Gasteiger partial charge is 0.404 e. The summed E-state index contributed by atoms with van der Waals surface area (Å²) in [5, 5.41) is 0. The van der Waals surface area contributed by atoms with Crippen LogP contribution in [-0.2, 0) is 31.1 Å². The molecule has 0 radical (unpaired) electrons. The van der Waals surface area contributed by atoms with Crippen LogP contribution < -0.4 is 0 Å². The van der Waals surface area contributed by atoms with E-state index in [0.717, 1.165) is 0 Å². The molecule has 0 aromatic heterocycles. The van der Waals surface area contributed by atoms with Crippen LogP contribution in [0.4, 0.5) is 13.2 Å². The van der Waals surface area contributed by atoms with Crippen LogP contribution in [0.1, 0.15) is 5.56 Å². The zero-order valence-electron chi connectivity index (χ0n) is 9.03. The van der Waals surface area contributed by atoms with E-state index in [1.807, 2.05) is 0 Å². The minimum atomic E-state index is -6.15. The van der Waals surface area contributed by atoms with Gasteiger partial charge in [-0.2, -0.15) is 13.2 Å². The quantitative estimate of drug-likeness (QED) is 0.823. The zero-order chi connectivity index (χ0) is 14.7. The van der Waals surface area contributed by atoms with Crippen LogP contribution in [0, 0.1) is 0 Å². The third-order valence-corrected chi connectivity index (χ3v) is 4.22. The summed E-state index contributed by atoms with van der Waals surface area (Å²) in [5.41, 5.74) is -5.47. The number of benzene rings is 1. The number of alkyl halides is 3. The fraction of sp³-hybridized carbons (Fsp3) is 0.250. The predicted octanol–water partition coefficient (Wildman–Crippen LogP) is 1.67. The van der Waals surface area contributed by atoms with Gasteiger partial charge in [-0.3, -0.25) is 4.18 Å². The Balaban J connectivity index is 2.74. The lowest BCUT2D eigenvalue weighted by atomic mass is 10.2. The second-order valence-corrected chi connectivity index (χ2v) is 6.27. The fourth-order valence-electron chi connectivity index (χ4n) is 0.901. The molecule has 0 spiro atoms. The topological polar surface area (TPSA) is 91.6 Å². The van der Waals surface area contributed by atoms with Gasteiger partial charge in [0.1, 0.15) is 0 Å². The van der Waals surface area contributed by atoms with Gasteiger partial charge in [-0.25, -0.2) is 16.8 Å². The van der Waals surface area contributed by atoms with Crippen LogP contribution in [0.3, 0.4) is 0 Å². The van der Waals surface area contributed by atoms with Gasteiger partial charge in [-0.1, -0.05) is 30.3 Å². The van der Waals surface area contributed by atoms with Crippen molar-refractivity contribution in [1.82, 2.24) is 0 Å². The number of sulfonamides is 1. The average molecular weight is 318 g/mol. The number of rotatable bonds is 5. The lowest BCUT2D eigenvalue weighted by Gasteiger charge is -2.21. The van der Waals surface area contributed by atoms with Gasteiger partial charge >= 0.3 is 5.51 Å². The minimum Gasteiger partial charge on any atom is -0.404 e. The average Bonchev–Trinajstić information content (AvgIpc) is 2.25. The van der Waals surface area contributed by atoms with E-state index in [2.05, 4.69) is 4.18 Å². The van der Waals surface area contributed by atoms with Gasteiger partial charge < -0.3 is 4.13 Å². The summed E-state index contributed by atoms with van der Waals surface area (Å²) in [6.07, 6.45) is 0. The second kappa shape index (κ2) is 5.45. The van der Waals surface area contributed by atoms with E-state index in [0.29, 0.717) is 5.56 Å². The first-order valence-electron chi connectivity index (χ1n) is 4.52. The molecular weight excluding hydrogens is 311 g/mol. The summed E-state index contributed by atoms with van der Waals surface area (Å²) in [6.45, 7) is -0.625. The third-order valence-electron chi connectivity index (χ3n) is 1.70. The molecule has 0 saturated carbocycles. The molecule has 0 atom stereocenters. The van der Waals surface area contributed by atoms with Crippen molar-refractivity contribution in [3.8, 4) is 0 Å². The molecule has 1 aromatic carbocycles. The van der Waals surface area contributed by atoms with Crippen molar-refractivity contribution in [2.24, 2.45) is 0 Å². The Labute approximate surface area is 107 Å². The molecule has 1 rings (SSSR count). The second-order valence-electron chi connectivity index (χ2n) is 3.17. The number of hydrogen-bond donors (Lipinski definition) is 0. The fourth-order valence-corrected chi connectivity index (χ4v) is 2.66. The van der Waals surface area contributed by atoms with Crippen LogP contribution in [0.25, 0.3) is 4.13 Å². The van der Waals surface area contributed by atoms with E-state index in [9.17, 15) is 30.0 Å². The molecule has 11 heteroatoms. The highest BCUT2D eigenvalue weighted by Crippen LogP contribution is 2.30. The summed E-state index contributed by atoms with van der Waals surface area (Å²) in [6, 6.07) is 7.57. The molecular formula is C8H7F3NO5S2-. The van der Waals surface area contributed by atoms with Crippen LogP contribution in [0.2, 0.25) is 0 Å². The summed E-state index contributed by atoms with van der Waals surface area (Å²) in [4.78, 5) is 0. The maximum Gasteiger partial charge on any atom is 0.480 e. The minimum absolute atomic E-state index is 0.325. The number of nitrogens with zero attached hydrogens (tertiary/aromatic N) is 1. The summed E-state index contributed by atoms with van der Waals surface area (Å²) >= 11 is 0. The molecule has 19 heavy (non-hydrogen) atoms. The largest absolute Gasteiger partial charge is 0.480 e. The summed E-state index contributed by atoms with van der Waals surface area (Å²) < 4.78 is 84.6. The van der Waals surface area contributed by atoms with Gasteiger partial charge in [0.05, 0.1) is 6.61 Å². The molecule has 108 valence electrons. The predicted molar refractivity (Wildman–Crippen MR) is 58.5 cm³/mol. The van der Waals surface area contributed by atoms with Crippen LogP contribution in [0.5, 0.6) is 0 Å². The van der Waals surface area contributed by atoms with Crippen LogP contribution >= 0.6 is 0 Å². The van der Waals surface area contributed by atoms with E-state index in [-0.39, 0.29) is 0 Å². The molecule has 0 fully saturated rings. The van der Waals surface area contributed by atoms with E-state index >= 15 is 0 Å². The lowest BCUT2D eigenvalue weighted by Crippen LogP contribution is -2.24. The molecule has 0 bridgehead atoms. The van der Waals surface area contributed by atoms with E-state index in [1.165, 1.54) is 24.3 Å². The van der Waals surface area contributed by atoms with E-state index in [1.54, 1.807) is 10.2 Å². The first-order chi connectivity index (χ1) is 8.54. The highest BCUT2D eigenvalue weighted by molar-refractivity contribution is 8.10.